The van der Waals surface area contributed by atoms with E-state index in [0.29, 0.717) is 0 Å². The second kappa shape index (κ2) is 4.47. The Balaban J connectivity index is 2.31. The SMILES string of the molecule is CCN1CC[C@@H](N)[C@H]1c1ccc(F)c(F)c1. The molecule has 1 heterocycles. The number of hydrogen-bond acceptors (Lipinski definition) is 2. The van der Waals surface area contributed by atoms with Crippen molar-refractivity contribution in [3.63, 3.8) is 0 Å². The van der Waals surface area contributed by atoms with E-state index >= 15 is 0 Å². The highest BCUT2D eigenvalue weighted by Crippen LogP contribution is 2.31. The predicted octanol–water partition coefficient (Wildman–Crippen LogP) is 2.06. The summed E-state index contributed by atoms with van der Waals surface area (Å²) in [6, 6.07) is 4.07. The lowest BCUT2D eigenvalue weighted by Gasteiger charge is -2.25. The quantitative estimate of drug-likeness (QED) is 0.836. The van der Waals surface area contributed by atoms with Crippen molar-refractivity contribution in [3.8, 4) is 0 Å². The van der Waals surface area contributed by atoms with Gasteiger partial charge in [-0.15, -0.1) is 0 Å². The summed E-state index contributed by atoms with van der Waals surface area (Å²) in [5.41, 5.74) is 6.78. The van der Waals surface area contributed by atoms with E-state index in [2.05, 4.69) is 4.90 Å². The van der Waals surface area contributed by atoms with Crippen molar-refractivity contribution in [3.05, 3.63) is 35.4 Å². The van der Waals surface area contributed by atoms with Crippen molar-refractivity contribution in [1.82, 2.24) is 4.90 Å². The molecular weight excluding hydrogens is 210 g/mol. The van der Waals surface area contributed by atoms with E-state index < -0.39 is 11.6 Å². The van der Waals surface area contributed by atoms with Gasteiger partial charge >= 0.3 is 0 Å². The van der Waals surface area contributed by atoms with Crippen LogP contribution in [0.4, 0.5) is 8.78 Å². The molecule has 16 heavy (non-hydrogen) atoms. The second-order valence-electron chi connectivity index (χ2n) is 4.20. The Labute approximate surface area is 94.0 Å². The maximum absolute atomic E-state index is 13.2. The summed E-state index contributed by atoms with van der Waals surface area (Å²) >= 11 is 0. The van der Waals surface area contributed by atoms with Crippen molar-refractivity contribution in [2.24, 2.45) is 5.73 Å². The van der Waals surface area contributed by atoms with Gasteiger partial charge in [-0.3, -0.25) is 4.90 Å². The number of nitrogens with zero attached hydrogens (tertiary/aromatic N) is 1. The third-order valence-corrected chi connectivity index (χ3v) is 3.24. The van der Waals surface area contributed by atoms with Gasteiger partial charge < -0.3 is 5.73 Å². The van der Waals surface area contributed by atoms with Gasteiger partial charge in [-0.05, 0) is 30.7 Å². The van der Waals surface area contributed by atoms with Crippen molar-refractivity contribution < 1.29 is 8.78 Å². The summed E-state index contributed by atoms with van der Waals surface area (Å²) in [4.78, 5) is 2.19. The zero-order chi connectivity index (χ0) is 11.7. The van der Waals surface area contributed by atoms with Crippen molar-refractivity contribution in [2.45, 2.75) is 25.4 Å². The molecule has 2 nitrogen and oxygen atoms in total. The van der Waals surface area contributed by atoms with Gasteiger partial charge in [-0.2, -0.15) is 0 Å². The van der Waals surface area contributed by atoms with Gasteiger partial charge in [0.05, 0.1) is 6.04 Å². The first-order chi connectivity index (χ1) is 7.63. The molecule has 4 heteroatoms. The number of halogens is 2. The number of hydrogen-bond donors (Lipinski definition) is 1. The van der Waals surface area contributed by atoms with Crippen LogP contribution in [-0.4, -0.2) is 24.0 Å². The minimum atomic E-state index is -0.807. The van der Waals surface area contributed by atoms with E-state index in [-0.39, 0.29) is 12.1 Å². The molecule has 1 aromatic carbocycles. The first kappa shape index (κ1) is 11.5. The topological polar surface area (TPSA) is 29.3 Å². The molecule has 88 valence electrons. The molecule has 2 atom stereocenters. The van der Waals surface area contributed by atoms with Crippen LogP contribution in [0.3, 0.4) is 0 Å². The number of rotatable bonds is 2. The Hall–Kier alpha value is -1.00. The largest absolute Gasteiger partial charge is 0.326 e. The van der Waals surface area contributed by atoms with Gasteiger partial charge in [-0.1, -0.05) is 13.0 Å². The van der Waals surface area contributed by atoms with Crippen molar-refractivity contribution in [2.75, 3.05) is 13.1 Å². The molecule has 0 radical (unpaired) electrons. The van der Waals surface area contributed by atoms with E-state index in [1.54, 1.807) is 6.07 Å². The van der Waals surface area contributed by atoms with E-state index in [0.717, 1.165) is 25.1 Å². The van der Waals surface area contributed by atoms with E-state index in [9.17, 15) is 8.78 Å². The van der Waals surface area contributed by atoms with Crippen molar-refractivity contribution >= 4 is 0 Å². The average molecular weight is 226 g/mol. The van der Waals surface area contributed by atoms with Crippen LogP contribution >= 0.6 is 0 Å². The molecule has 0 aliphatic carbocycles. The fourth-order valence-electron chi connectivity index (χ4n) is 2.39. The van der Waals surface area contributed by atoms with Crippen LogP contribution in [0.1, 0.15) is 24.9 Å². The summed E-state index contributed by atoms with van der Waals surface area (Å²) in [6.45, 7) is 3.84. The molecule has 1 aromatic rings. The van der Waals surface area contributed by atoms with Crippen LogP contribution < -0.4 is 5.73 Å². The maximum Gasteiger partial charge on any atom is 0.159 e. The highest BCUT2D eigenvalue weighted by Gasteiger charge is 2.32. The van der Waals surface area contributed by atoms with Gasteiger partial charge in [0.2, 0.25) is 0 Å². The molecule has 0 unspecified atom stereocenters. The van der Waals surface area contributed by atoms with Gasteiger partial charge in [-0.25, -0.2) is 8.78 Å². The van der Waals surface area contributed by atoms with Crippen LogP contribution in [0, 0.1) is 11.6 Å². The third kappa shape index (κ3) is 1.95. The monoisotopic (exact) mass is 226 g/mol. The zero-order valence-corrected chi connectivity index (χ0v) is 9.29. The fraction of sp³-hybridized carbons (Fsp3) is 0.500. The number of nitrogens with two attached hydrogens (primary N) is 1. The number of likely N-dealkylation sites (N-methyl/N-ethyl adjacent to an activating group) is 1. The second-order valence-corrected chi connectivity index (χ2v) is 4.20. The smallest absolute Gasteiger partial charge is 0.159 e. The average Bonchev–Trinajstić information content (AvgIpc) is 2.64. The van der Waals surface area contributed by atoms with E-state index in [4.69, 9.17) is 5.73 Å². The van der Waals surface area contributed by atoms with Gasteiger partial charge in [0.15, 0.2) is 11.6 Å². The molecule has 1 fully saturated rings. The standard InChI is InChI=1S/C12H16F2N2/c1-2-16-6-5-11(15)12(16)8-3-4-9(13)10(14)7-8/h3-4,7,11-12H,2,5-6,15H2,1H3/t11-,12-/m1/s1. The molecule has 1 saturated heterocycles. The summed E-state index contributed by atoms with van der Waals surface area (Å²) in [6.07, 6.45) is 0.900. The Bertz CT molecular complexity index is 381. The maximum atomic E-state index is 13.2. The first-order valence-electron chi connectivity index (χ1n) is 5.58. The molecule has 1 aliphatic rings. The molecule has 0 saturated carbocycles. The molecule has 2 N–H and O–H groups in total. The van der Waals surface area contributed by atoms with Gasteiger partial charge in [0.1, 0.15) is 0 Å². The van der Waals surface area contributed by atoms with Crippen LogP contribution in [0.5, 0.6) is 0 Å². The number of likely N-dealkylation sites (tertiary alicyclic amines) is 1. The minimum Gasteiger partial charge on any atom is -0.326 e. The molecule has 0 amide bonds. The molecule has 0 aromatic heterocycles. The third-order valence-electron chi connectivity index (χ3n) is 3.24. The lowest BCUT2D eigenvalue weighted by atomic mass is 10.0. The molecule has 1 aliphatic heterocycles. The Kier molecular flexibility index (Phi) is 3.21. The zero-order valence-electron chi connectivity index (χ0n) is 9.29. The van der Waals surface area contributed by atoms with E-state index in [1.807, 2.05) is 6.92 Å². The molecule has 0 spiro atoms. The van der Waals surface area contributed by atoms with E-state index in [1.165, 1.54) is 12.1 Å². The van der Waals surface area contributed by atoms with Gasteiger partial charge in [0.25, 0.3) is 0 Å². The number of benzene rings is 1. The summed E-state index contributed by atoms with van der Waals surface area (Å²) in [7, 11) is 0. The lowest BCUT2D eigenvalue weighted by molar-refractivity contribution is 0.260. The lowest BCUT2D eigenvalue weighted by Crippen LogP contribution is -2.31. The Morgan fingerprint density at radius 2 is 2.12 bits per heavy atom. The van der Waals surface area contributed by atoms with Crippen LogP contribution in [0.15, 0.2) is 18.2 Å². The van der Waals surface area contributed by atoms with Crippen LogP contribution in [0.25, 0.3) is 0 Å². The predicted molar refractivity (Wildman–Crippen MR) is 58.9 cm³/mol. The van der Waals surface area contributed by atoms with Crippen molar-refractivity contribution in [1.29, 1.82) is 0 Å². The minimum absolute atomic E-state index is 0.00445. The summed E-state index contributed by atoms with van der Waals surface area (Å²) < 4.78 is 26.0. The van der Waals surface area contributed by atoms with Gasteiger partial charge in [0, 0.05) is 12.6 Å². The molecule has 0 bridgehead atoms. The Morgan fingerprint density at radius 3 is 2.75 bits per heavy atom. The highest BCUT2D eigenvalue weighted by molar-refractivity contribution is 5.24. The molecular formula is C12H16F2N2. The van der Waals surface area contributed by atoms with Crippen LogP contribution in [0.2, 0.25) is 0 Å². The summed E-state index contributed by atoms with van der Waals surface area (Å²) in [5.74, 6) is -1.61. The molecule has 2 rings (SSSR count). The highest BCUT2D eigenvalue weighted by atomic mass is 19.2. The summed E-state index contributed by atoms with van der Waals surface area (Å²) in [5, 5.41) is 0. The first-order valence-corrected chi connectivity index (χ1v) is 5.58. The fourth-order valence-corrected chi connectivity index (χ4v) is 2.39. The normalized spacial score (nSPS) is 26.2. The van der Waals surface area contributed by atoms with Crippen LogP contribution in [-0.2, 0) is 0 Å². The Morgan fingerprint density at radius 1 is 1.38 bits per heavy atom.